The molecule has 0 amide bonds. The molecule has 12 bridgehead atoms. The predicted octanol–water partition coefficient (Wildman–Crippen LogP) is 9.40. The SMILES string of the molecule is Cc1cc(C23CC4CC(CC(C4)C2)C3)c(C23CC4CC(CC(C4)C2)C3)c(C23CC4CC(CC(C4)C2)C3)c1. The molecule has 1 aromatic rings. The van der Waals surface area contributed by atoms with E-state index in [4.69, 9.17) is 0 Å². The largest absolute Gasteiger partial charge is 0.0552 e. The summed E-state index contributed by atoms with van der Waals surface area (Å²) in [7, 11) is 0. The fourth-order valence-corrected chi connectivity index (χ4v) is 15.5. The summed E-state index contributed by atoms with van der Waals surface area (Å²) in [5.41, 5.74) is 9.39. The number of hydrogen-bond donors (Lipinski definition) is 0. The summed E-state index contributed by atoms with van der Waals surface area (Å²) in [6.07, 6.45) is 28.3. The zero-order valence-electron chi connectivity index (χ0n) is 23.6. The van der Waals surface area contributed by atoms with Gasteiger partial charge in [0.25, 0.3) is 0 Å². The van der Waals surface area contributed by atoms with Gasteiger partial charge in [-0.15, -0.1) is 0 Å². The van der Waals surface area contributed by atoms with Crippen LogP contribution in [0.5, 0.6) is 0 Å². The van der Waals surface area contributed by atoms with Crippen molar-refractivity contribution in [2.24, 2.45) is 53.3 Å². The molecule has 12 aliphatic rings. The lowest BCUT2D eigenvalue weighted by Crippen LogP contribution is -2.55. The van der Waals surface area contributed by atoms with Gasteiger partial charge in [-0.1, -0.05) is 17.7 Å². The Morgan fingerprint density at radius 2 is 0.649 bits per heavy atom. The minimum absolute atomic E-state index is 0.552. The van der Waals surface area contributed by atoms with E-state index in [-0.39, 0.29) is 0 Å². The zero-order valence-corrected chi connectivity index (χ0v) is 23.6. The first-order valence-electron chi connectivity index (χ1n) is 17.1. The van der Waals surface area contributed by atoms with Crippen LogP contribution in [-0.2, 0) is 16.2 Å². The first kappa shape index (κ1) is 22.0. The number of benzene rings is 1. The van der Waals surface area contributed by atoms with E-state index >= 15 is 0 Å². The molecule has 0 unspecified atom stereocenters. The average molecular weight is 495 g/mol. The van der Waals surface area contributed by atoms with Crippen molar-refractivity contribution in [2.75, 3.05) is 0 Å². The van der Waals surface area contributed by atoms with Crippen molar-refractivity contribution in [3.05, 3.63) is 34.4 Å². The van der Waals surface area contributed by atoms with Crippen LogP contribution in [0.4, 0.5) is 0 Å². The molecule has 0 aromatic heterocycles. The maximum Gasteiger partial charge on any atom is -0.00332 e. The summed E-state index contributed by atoms with van der Waals surface area (Å²) in [4.78, 5) is 0. The lowest BCUT2D eigenvalue weighted by Gasteiger charge is -2.63. The Hall–Kier alpha value is -0.780. The van der Waals surface area contributed by atoms with Gasteiger partial charge in [-0.05, 0) is 209 Å². The molecule has 0 spiro atoms. The van der Waals surface area contributed by atoms with Gasteiger partial charge in [-0.25, -0.2) is 0 Å². The quantitative estimate of drug-likeness (QED) is 0.392. The van der Waals surface area contributed by atoms with E-state index in [1.165, 1.54) is 0 Å². The summed E-state index contributed by atoms with van der Waals surface area (Å²) in [5, 5.41) is 0. The Kier molecular flexibility index (Phi) is 4.22. The summed E-state index contributed by atoms with van der Waals surface area (Å²) in [6, 6.07) is 5.70. The van der Waals surface area contributed by atoms with Gasteiger partial charge in [-0.3, -0.25) is 0 Å². The standard InChI is InChI=1S/C37H50/c1-22-2-32(35-13-23-4-24(14-35)6-25(5-23)15-35)34(37-19-29-10-30(20-37)12-31(11-29)21-37)33(3-22)36-16-26-7-27(17-36)9-28(8-26)18-36/h2-3,23-31H,4-21H2,1H3. The molecule has 1 aromatic carbocycles. The summed E-state index contributed by atoms with van der Waals surface area (Å²) >= 11 is 0. The molecule has 12 fully saturated rings. The molecule has 13 rings (SSSR count). The van der Waals surface area contributed by atoms with Gasteiger partial charge >= 0.3 is 0 Å². The van der Waals surface area contributed by atoms with Gasteiger partial charge in [0.2, 0.25) is 0 Å². The number of hydrogen-bond acceptors (Lipinski definition) is 0. The van der Waals surface area contributed by atoms with Crippen molar-refractivity contribution in [3.63, 3.8) is 0 Å². The van der Waals surface area contributed by atoms with E-state index in [0.29, 0.717) is 16.2 Å². The maximum absolute atomic E-state index is 2.85. The summed E-state index contributed by atoms with van der Waals surface area (Å²) in [6.45, 7) is 2.51. The Morgan fingerprint density at radius 3 is 0.919 bits per heavy atom. The van der Waals surface area contributed by atoms with Crippen molar-refractivity contribution in [1.82, 2.24) is 0 Å². The molecule has 198 valence electrons. The van der Waals surface area contributed by atoms with Gasteiger partial charge < -0.3 is 0 Å². The average Bonchev–Trinajstić information content (AvgIpc) is 2.81. The van der Waals surface area contributed by atoms with Crippen LogP contribution in [0.25, 0.3) is 0 Å². The highest BCUT2D eigenvalue weighted by molar-refractivity contribution is 5.53. The van der Waals surface area contributed by atoms with Gasteiger partial charge in [0.1, 0.15) is 0 Å². The highest BCUT2D eigenvalue weighted by atomic mass is 14.6. The van der Waals surface area contributed by atoms with E-state index in [1.807, 2.05) is 11.1 Å². The molecule has 0 N–H and O–H groups in total. The van der Waals surface area contributed by atoms with Crippen LogP contribution in [0.2, 0.25) is 0 Å². The van der Waals surface area contributed by atoms with Gasteiger partial charge in [0, 0.05) is 0 Å². The maximum atomic E-state index is 2.85. The van der Waals surface area contributed by atoms with Gasteiger partial charge in [0.15, 0.2) is 0 Å². The van der Waals surface area contributed by atoms with Crippen molar-refractivity contribution in [2.45, 2.75) is 139 Å². The molecule has 0 nitrogen and oxygen atoms in total. The molecule has 12 saturated carbocycles. The summed E-state index contributed by atoms with van der Waals surface area (Å²) < 4.78 is 0. The second kappa shape index (κ2) is 7.10. The molecule has 12 aliphatic carbocycles. The minimum Gasteiger partial charge on any atom is -0.0552 e. The van der Waals surface area contributed by atoms with E-state index in [1.54, 1.807) is 121 Å². The van der Waals surface area contributed by atoms with Crippen LogP contribution in [-0.4, -0.2) is 0 Å². The molecule has 0 heteroatoms. The van der Waals surface area contributed by atoms with Gasteiger partial charge in [0.05, 0.1) is 0 Å². The molecule has 0 aliphatic heterocycles. The number of aryl methyl sites for hydroxylation is 1. The van der Waals surface area contributed by atoms with Crippen LogP contribution in [0.15, 0.2) is 12.1 Å². The third-order valence-corrected chi connectivity index (χ3v) is 15.1. The molecule has 0 heterocycles. The van der Waals surface area contributed by atoms with Crippen LogP contribution in [0, 0.1) is 60.2 Å². The number of rotatable bonds is 3. The third-order valence-electron chi connectivity index (χ3n) is 15.1. The first-order chi connectivity index (χ1) is 17.9. The van der Waals surface area contributed by atoms with Crippen molar-refractivity contribution >= 4 is 0 Å². The Morgan fingerprint density at radius 1 is 0.405 bits per heavy atom. The zero-order chi connectivity index (χ0) is 24.1. The molecule has 0 atom stereocenters. The second-order valence-corrected chi connectivity index (χ2v) is 17.8. The van der Waals surface area contributed by atoms with E-state index in [9.17, 15) is 0 Å². The Labute approximate surface area is 226 Å². The Bertz CT molecular complexity index is 978. The van der Waals surface area contributed by atoms with E-state index < -0.39 is 0 Å². The van der Waals surface area contributed by atoms with Crippen LogP contribution in [0.1, 0.15) is 138 Å². The monoisotopic (exact) mass is 494 g/mol. The molecular formula is C37H50. The molecule has 37 heavy (non-hydrogen) atoms. The van der Waals surface area contributed by atoms with Crippen molar-refractivity contribution in [1.29, 1.82) is 0 Å². The molecule has 0 radical (unpaired) electrons. The van der Waals surface area contributed by atoms with Crippen molar-refractivity contribution < 1.29 is 0 Å². The lowest BCUT2D eigenvalue weighted by atomic mass is 9.41. The van der Waals surface area contributed by atoms with Crippen LogP contribution in [0.3, 0.4) is 0 Å². The highest BCUT2D eigenvalue weighted by Crippen LogP contribution is 2.69. The fourth-order valence-electron chi connectivity index (χ4n) is 15.5. The highest BCUT2D eigenvalue weighted by Gasteiger charge is 2.60. The first-order valence-corrected chi connectivity index (χ1v) is 17.1. The van der Waals surface area contributed by atoms with Crippen molar-refractivity contribution in [3.8, 4) is 0 Å². The summed E-state index contributed by atoms with van der Waals surface area (Å²) in [5.74, 6) is 9.50. The Balaban J connectivity index is 1.22. The molecular weight excluding hydrogens is 444 g/mol. The topological polar surface area (TPSA) is 0 Å². The fraction of sp³-hybridized carbons (Fsp3) is 0.838. The van der Waals surface area contributed by atoms with E-state index in [0.717, 1.165) is 53.3 Å². The third kappa shape index (κ3) is 2.98. The predicted molar refractivity (Wildman–Crippen MR) is 151 cm³/mol. The van der Waals surface area contributed by atoms with Crippen LogP contribution >= 0.6 is 0 Å². The molecule has 0 saturated heterocycles. The smallest absolute Gasteiger partial charge is 0.00332 e. The normalized spacial score (nSPS) is 56.0. The van der Waals surface area contributed by atoms with Crippen LogP contribution < -0.4 is 0 Å². The lowest BCUT2D eigenvalue weighted by molar-refractivity contribution is -0.0244. The second-order valence-electron chi connectivity index (χ2n) is 17.8. The van der Waals surface area contributed by atoms with Gasteiger partial charge in [-0.2, -0.15) is 0 Å². The van der Waals surface area contributed by atoms with E-state index in [2.05, 4.69) is 24.6 Å². The minimum atomic E-state index is 0.552.